The van der Waals surface area contributed by atoms with E-state index in [1.807, 2.05) is 0 Å². The smallest absolute Gasteiger partial charge is 0.271 e. The summed E-state index contributed by atoms with van der Waals surface area (Å²) in [5.41, 5.74) is 1.57. The summed E-state index contributed by atoms with van der Waals surface area (Å²) in [4.78, 5) is 20.6. The second-order valence-corrected chi connectivity index (χ2v) is 5.36. The summed E-state index contributed by atoms with van der Waals surface area (Å²) in [6.45, 7) is 5.05. The first-order valence-corrected chi connectivity index (χ1v) is 7.30. The second kappa shape index (κ2) is 5.69. The number of nitro groups is 1. The predicted octanol–water partition coefficient (Wildman–Crippen LogP) is 2.05. The lowest BCUT2D eigenvalue weighted by molar-refractivity contribution is -0.384. The van der Waals surface area contributed by atoms with E-state index in [1.165, 1.54) is 6.07 Å². The summed E-state index contributed by atoms with van der Waals surface area (Å²) in [5.74, 6) is 0.807. The quantitative estimate of drug-likeness (QED) is 0.650. The minimum Gasteiger partial charge on any atom is -0.338 e. The Morgan fingerprint density at radius 1 is 1.52 bits per heavy atom. The van der Waals surface area contributed by atoms with Gasteiger partial charge in [-0.15, -0.1) is 0 Å². The van der Waals surface area contributed by atoms with Crippen LogP contribution in [0.5, 0.6) is 0 Å². The average Bonchev–Trinajstić information content (AvgIpc) is 3.12. The first kappa shape index (κ1) is 13.8. The Kier molecular flexibility index (Phi) is 3.74. The van der Waals surface area contributed by atoms with Crippen molar-refractivity contribution < 1.29 is 4.92 Å². The summed E-state index contributed by atoms with van der Waals surface area (Å²) in [6.07, 6.45) is 2.13. The first-order valence-electron chi connectivity index (χ1n) is 7.30. The minimum atomic E-state index is -0.384. The van der Waals surface area contributed by atoms with Crippen molar-refractivity contribution in [3.8, 4) is 0 Å². The molecule has 1 aromatic carbocycles. The number of nitro benzene ring substituents is 1. The Morgan fingerprint density at radius 2 is 2.38 bits per heavy atom. The number of non-ortho nitro benzene ring substituents is 1. The highest BCUT2D eigenvalue weighted by Gasteiger charge is 2.24. The van der Waals surface area contributed by atoms with E-state index >= 15 is 0 Å². The zero-order chi connectivity index (χ0) is 14.8. The Morgan fingerprint density at radius 3 is 3.05 bits per heavy atom. The third-order valence-electron chi connectivity index (χ3n) is 3.88. The summed E-state index contributed by atoms with van der Waals surface area (Å²) >= 11 is 0. The Balaban J connectivity index is 1.95. The number of H-pyrrole nitrogens is 1. The Hall–Kier alpha value is -2.15. The van der Waals surface area contributed by atoms with Crippen LogP contribution < -0.4 is 10.2 Å². The molecule has 0 spiro atoms. The average molecular weight is 289 g/mol. The highest BCUT2D eigenvalue weighted by atomic mass is 16.6. The zero-order valence-electron chi connectivity index (χ0n) is 12.0. The molecule has 7 heteroatoms. The number of fused-ring (bicyclic) bond motifs is 1. The summed E-state index contributed by atoms with van der Waals surface area (Å²) in [6, 6.07) is 5.17. The van der Waals surface area contributed by atoms with E-state index in [0.717, 1.165) is 43.9 Å². The molecule has 1 atom stereocenters. The van der Waals surface area contributed by atoms with Gasteiger partial charge in [0.15, 0.2) is 0 Å². The number of aromatic amines is 1. The lowest BCUT2D eigenvalue weighted by Gasteiger charge is -2.27. The van der Waals surface area contributed by atoms with E-state index in [0.29, 0.717) is 11.6 Å². The largest absolute Gasteiger partial charge is 0.338 e. The fourth-order valence-corrected chi connectivity index (χ4v) is 2.84. The summed E-state index contributed by atoms with van der Waals surface area (Å²) < 4.78 is 0. The van der Waals surface area contributed by atoms with Crippen molar-refractivity contribution in [2.45, 2.75) is 25.8 Å². The van der Waals surface area contributed by atoms with Crippen molar-refractivity contribution in [1.29, 1.82) is 0 Å². The second-order valence-electron chi connectivity index (χ2n) is 5.36. The fraction of sp³-hybridized carbons (Fsp3) is 0.500. The Labute approximate surface area is 122 Å². The number of anilines is 1. The van der Waals surface area contributed by atoms with E-state index in [2.05, 4.69) is 27.1 Å². The van der Waals surface area contributed by atoms with Crippen LogP contribution in [0.2, 0.25) is 0 Å². The molecule has 2 N–H and O–H groups in total. The molecule has 0 bridgehead atoms. The van der Waals surface area contributed by atoms with E-state index in [4.69, 9.17) is 0 Å². The monoisotopic (exact) mass is 289 g/mol. The van der Waals surface area contributed by atoms with Gasteiger partial charge in [-0.2, -0.15) is 0 Å². The SMILES string of the molecule is CCCN(c1nc2ccc([N+](=O)[O-])cc2[nH]1)C1CCNC1. The van der Waals surface area contributed by atoms with Crippen LogP contribution >= 0.6 is 0 Å². The molecule has 21 heavy (non-hydrogen) atoms. The highest BCUT2D eigenvalue weighted by Crippen LogP contribution is 2.24. The molecule has 0 aliphatic carbocycles. The van der Waals surface area contributed by atoms with Gasteiger partial charge in [0.1, 0.15) is 0 Å². The molecular weight excluding hydrogens is 270 g/mol. The van der Waals surface area contributed by atoms with Crippen molar-refractivity contribution in [2.75, 3.05) is 24.5 Å². The van der Waals surface area contributed by atoms with Gasteiger partial charge in [-0.05, 0) is 25.5 Å². The van der Waals surface area contributed by atoms with Crippen LogP contribution in [0.25, 0.3) is 11.0 Å². The van der Waals surface area contributed by atoms with Crippen molar-refractivity contribution >= 4 is 22.7 Å². The van der Waals surface area contributed by atoms with Crippen molar-refractivity contribution in [3.05, 3.63) is 28.3 Å². The third-order valence-corrected chi connectivity index (χ3v) is 3.88. The maximum atomic E-state index is 10.8. The topological polar surface area (TPSA) is 87.1 Å². The van der Waals surface area contributed by atoms with Crippen LogP contribution in [0.1, 0.15) is 19.8 Å². The Bertz CT molecular complexity index is 648. The van der Waals surface area contributed by atoms with Gasteiger partial charge in [-0.1, -0.05) is 6.92 Å². The first-order chi connectivity index (χ1) is 10.2. The fourth-order valence-electron chi connectivity index (χ4n) is 2.84. The number of rotatable bonds is 5. The van der Waals surface area contributed by atoms with Gasteiger partial charge in [-0.3, -0.25) is 10.1 Å². The number of hydrogen-bond acceptors (Lipinski definition) is 5. The highest BCUT2D eigenvalue weighted by molar-refractivity contribution is 5.80. The minimum absolute atomic E-state index is 0.0854. The predicted molar refractivity (Wildman–Crippen MR) is 81.7 cm³/mol. The van der Waals surface area contributed by atoms with Crippen LogP contribution in [0, 0.1) is 10.1 Å². The molecule has 0 amide bonds. The molecule has 1 aliphatic rings. The van der Waals surface area contributed by atoms with E-state index < -0.39 is 0 Å². The number of nitrogens with one attached hydrogen (secondary N) is 2. The van der Waals surface area contributed by atoms with Gasteiger partial charge < -0.3 is 15.2 Å². The number of benzene rings is 1. The summed E-state index contributed by atoms with van der Waals surface area (Å²) in [5, 5.41) is 14.2. The molecule has 7 nitrogen and oxygen atoms in total. The third kappa shape index (κ3) is 2.69. The van der Waals surface area contributed by atoms with E-state index in [-0.39, 0.29) is 10.6 Å². The normalized spacial score (nSPS) is 18.2. The number of imidazole rings is 1. The van der Waals surface area contributed by atoms with Crippen LogP contribution in [0.3, 0.4) is 0 Å². The van der Waals surface area contributed by atoms with E-state index in [1.54, 1.807) is 12.1 Å². The lowest BCUT2D eigenvalue weighted by Crippen LogP contribution is -2.38. The molecule has 3 rings (SSSR count). The number of nitrogens with zero attached hydrogens (tertiary/aromatic N) is 3. The molecule has 1 aromatic heterocycles. The molecule has 1 unspecified atom stereocenters. The van der Waals surface area contributed by atoms with Gasteiger partial charge in [0, 0.05) is 31.3 Å². The van der Waals surface area contributed by atoms with Crippen molar-refractivity contribution in [2.24, 2.45) is 0 Å². The maximum Gasteiger partial charge on any atom is 0.271 e. The van der Waals surface area contributed by atoms with Gasteiger partial charge in [0.05, 0.1) is 16.0 Å². The standard InChI is InChI=1S/C14H19N5O2/c1-2-7-18(11-5-6-15-9-11)14-16-12-4-3-10(19(20)21)8-13(12)17-14/h3-4,8,11,15H,2,5-7,9H2,1H3,(H,16,17). The van der Waals surface area contributed by atoms with Crippen molar-refractivity contribution in [3.63, 3.8) is 0 Å². The molecule has 0 radical (unpaired) electrons. The molecular formula is C14H19N5O2. The molecule has 2 aromatic rings. The molecule has 0 saturated carbocycles. The van der Waals surface area contributed by atoms with Crippen LogP contribution in [-0.4, -0.2) is 40.6 Å². The number of hydrogen-bond donors (Lipinski definition) is 2. The molecule has 1 aliphatic heterocycles. The molecule has 112 valence electrons. The zero-order valence-corrected chi connectivity index (χ0v) is 12.0. The molecule has 1 fully saturated rings. The molecule has 1 saturated heterocycles. The lowest BCUT2D eigenvalue weighted by atomic mass is 10.2. The van der Waals surface area contributed by atoms with Crippen molar-refractivity contribution in [1.82, 2.24) is 15.3 Å². The number of aromatic nitrogens is 2. The van der Waals surface area contributed by atoms with Crippen LogP contribution in [-0.2, 0) is 0 Å². The van der Waals surface area contributed by atoms with E-state index in [9.17, 15) is 10.1 Å². The maximum absolute atomic E-state index is 10.8. The van der Waals surface area contributed by atoms with Crippen LogP contribution in [0.15, 0.2) is 18.2 Å². The van der Waals surface area contributed by atoms with Gasteiger partial charge in [0.25, 0.3) is 5.69 Å². The molecule has 2 heterocycles. The van der Waals surface area contributed by atoms with Gasteiger partial charge in [0.2, 0.25) is 5.95 Å². The van der Waals surface area contributed by atoms with Gasteiger partial charge in [-0.25, -0.2) is 4.98 Å². The van der Waals surface area contributed by atoms with Crippen LogP contribution in [0.4, 0.5) is 11.6 Å². The summed E-state index contributed by atoms with van der Waals surface area (Å²) in [7, 11) is 0. The van der Waals surface area contributed by atoms with Gasteiger partial charge >= 0.3 is 0 Å².